The lowest BCUT2D eigenvalue weighted by atomic mass is 9.67. The molecule has 6 heteroatoms. The van der Waals surface area contributed by atoms with Crippen molar-refractivity contribution >= 4 is 0 Å². The van der Waals surface area contributed by atoms with Crippen molar-refractivity contribution in [2.75, 3.05) is 0 Å². The Morgan fingerprint density at radius 3 is 1.23 bits per heavy atom. The first kappa shape index (κ1) is 33.3. The van der Waals surface area contributed by atoms with Gasteiger partial charge in [0.05, 0.1) is 0 Å². The summed E-state index contributed by atoms with van der Waals surface area (Å²) in [5.74, 6) is 2.22. The lowest BCUT2D eigenvalue weighted by Gasteiger charge is -2.44. The molecule has 3 heterocycles. The minimum Gasteiger partial charge on any atom is -0.313 e. The van der Waals surface area contributed by atoms with Gasteiger partial charge in [-0.25, -0.2) is 0 Å². The van der Waals surface area contributed by atoms with Gasteiger partial charge in [0.1, 0.15) is 0 Å². The van der Waals surface area contributed by atoms with E-state index in [9.17, 15) is 15.6 Å². The number of hydrogen-bond donors (Lipinski definition) is 3. The largest absolute Gasteiger partial charge is 0.313 e. The lowest BCUT2D eigenvalue weighted by molar-refractivity contribution is -0.223. The molecule has 230 valence electrons. The van der Waals surface area contributed by atoms with E-state index in [1.807, 2.05) is 0 Å². The van der Waals surface area contributed by atoms with Gasteiger partial charge in [0.2, 0.25) is 0 Å². The van der Waals surface area contributed by atoms with E-state index in [0.717, 1.165) is 57.8 Å². The molecule has 0 aliphatic carbocycles. The molecule has 3 unspecified atom stereocenters. The molecule has 0 bridgehead atoms. The van der Waals surface area contributed by atoms with Crippen LogP contribution in [0.3, 0.4) is 0 Å². The van der Waals surface area contributed by atoms with Gasteiger partial charge >= 0.3 is 0 Å². The molecule has 0 aromatic heterocycles. The van der Waals surface area contributed by atoms with Gasteiger partial charge in [0, 0.05) is 33.2 Å². The molecule has 3 rings (SSSR count). The Labute approximate surface area is 241 Å². The van der Waals surface area contributed by atoms with Gasteiger partial charge in [-0.05, 0) is 171 Å². The first-order valence-corrected chi connectivity index (χ1v) is 16.0. The topological polar surface area (TPSA) is 70.4 Å². The summed E-state index contributed by atoms with van der Waals surface area (Å²) in [6.45, 7) is 26.3. The Bertz CT molecular complexity index is 790. The average molecular weight is 552 g/mol. The molecular formula is C33H65N3O3. The molecular weight excluding hydrogens is 486 g/mol. The van der Waals surface area contributed by atoms with E-state index < -0.39 is 0 Å². The second-order valence-corrected chi connectivity index (χ2v) is 17.7. The Morgan fingerprint density at radius 1 is 0.513 bits per heavy atom. The van der Waals surface area contributed by atoms with Crippen LogP contribution < -0.4 is 0 Å². The molecule has 0 spiro atoms. The summed E-state index contributed by atoms with van der Waals surface area (Å²) < 4.78 is 0. The molecule has 6 nitrogen and oxygen atoms in total. The Hall–Kier alpha value is -0.240. The normalized spacial score (nSPS) is 35.9. The summed E-state index contributed by atoms with van der Waals surface area (Å²) in [5.41, 5.74) is -1.49. The van der Waals surface area contributed by atoms with Crippen LogP contribution in [0.4, 0.5) is 0 Å². The van der Waals surface area contributed by atoms with Gasteiger partial charge in [-0.1, -0.05) is 6.42 Å². The summed E-state index contributed by atoms with van der Waals surface area (Å²) in [7, 11) is 0. The maximum absolute atomic E-state index is 11.2. The fraction of sp³-hybridized carbons (Fsp3) is 1.00. The van der Waals surface area contributed by atoms with Crippen molar-refractivity contribution in [1.29, 1.82) is 0 Å². The van der Waals surface area contributed by atoms with Crippen molar-refractivity contribution in [3.8, 4) is 0 Å². The Kier molecular flexibility index (Phi) is 9.48. The molecule has 3 aliphatic rings. The SMILES string of the molecule is CC1(C)CCC(CCC(C2CCC(C)(C)N(O)C(C)(C)C2)C2CCC(C)(C)N(O)C(C)(C)C2)CC(C)(C)N1O. The van der Waals surface area contributed by atoms with Crippen molar-refractivity contribution < 1.29 is 15.6 Å². The molecule has 3 aliphatic heterocycles. The molecule has 0 saturated carbocycles. The van der Waals surface area contributed by atoms with Crippen molar-refractivity contribution in [2.45, 2.75) is 187 Å². The molecule has 3 saturated heterocycles. The highest BCUT2D eigenvalue weighted by Gasteiger charge is 2.49. The van der Waals surface area contributed by atoms with Gasteiger partial charge in [-0.3, -0.25) is 0 Å². The van der Waals surface area contributed by atoms with Crippen LogP contribution in [-0.2, 0) is 0 Å². The smallest absolute Gasteiger partial charge is 0.0413 e. The molecule has 0 amide bonds. The van der Waals surface area contributed by atoms with E-state index in [4.69, 9.17) is 0 Å². The quantitative estimate of drug-likeness (QED) is 0.318. The van der Waals surface area contributed by atoms with Crippen LogP contribution in [-0.4, -0.2) is 64.0 Å². The highest BCUT2D eigenvalue weighted by atomic mass is 16.5. The van der Waals surface area contributed by atoms with E-state index in [1.165, 1.54) is 12.8 Å². The first-order chi connectivity index (χ1) is 17.5. The van der Waals surface area contributed by atoms with Crippen LogP contribution in [0, 0.1) is 23.7 Å². The summed E-state index contributed by atoms with van der Waals surface area (Å²) in [4.78, 5) is 0. The zero-order valence-electron chi connectivity index (χ0n) is 27.8. The van der Waals surface area contributed by atoms with E-state index in [0.29, 0.717) is 23.7 Å². The van der Waals surface area contributed by atoms with Gasteiger partial charge in [-0.2, -0.15) is 15.2 Å². The van der Waals surface area contributed by atoms with Crippen LogP contribution in [0.25, 0.3) is 0 Å². The van der Waals surface area contributed by atoms with Gasteiger partial charge in [-0.15, -0.1) is 0 Å². The lowest BCUT2D eigenvalue weighted by Crippen LogP contribution is -2.53. The first-order valence-electron chi connectivity index (χ1n) is 16.0. The summed E-state index contributed by atoms with van der Waals surface area (Å²) in [6.07, 6.45) is 11.8. The summed E-state index contributed by atoms with van der Waals surface area (Å²) >= 11 is 0. The van der Waals surface area contributed by atoms with E-state index in [1.54, 1.807) is 15.2 Å². The van der Waals surface area contributed by atoms with E-state index >= 15 is 0 Å². The molecule has 0 radical (unpaired) electrons. The van der Waals surface area contributed by atoms with Crippen molar-refractivity contribution in [3.63, 3.8) is 0 Å². The molecule has 3 N–H and O–H groups in total. The van der Waals surface area contributed by atoms with Crippen LogP contribution in [0.15, 0.2) is 0 Å². The summed E-state index contributed by atoms with van der Waals surface area (Å²) in [5, 5.41) is 38.5. The number of nitrogens with zero attached hydrogens (tertiary/aromatic N) is 3. The standard InChI is InChI=1S/C33H65N3O3/c1-28(2)18-15-24(21-31(7,8)34(28)37)13-14-27(25-16-19-29(3,4)35(38)32(9,10)22-25)26-17-20-30(5,6)36(39)33(11,12)23-26/h24-27,37-39H,13-23H2,1-12H3. The van der Waals surface area contributed by atoms with Gasteiger partial charge < -0.3 is 15.6 Å². The van der Waals surface area contributed by atoms with Crippen molar-refractivity contribution in [1.82, 2.24) is 15.2 Å². The van der Waals surface area contributed by atoms with Crippen LogP contribution in [0.1, 0.15) is 154 Å². The predicted octanol–water partition coefficient (Wildman–Crippen LogP) is 8.53. The second kappa shape index (κ2) is 11.1. The number of hydroxylamine groups is 6. The zero-order valence-corrected chi connectivity index (χ0v) is 27.8. The van der Waals surface area contributed by atoms with E-state index in [2.05, 4.69) is 83.1 Å². The maximum Gasteiger partial charge on any atom is 0.0413 e. The Balaban J connectivity index is 1.91. The molecule has 39 heavy (non-hydrogen) atoms. The Morgan fingerprint density at radius 2 is 0.846 bits per heavy atom. The molecule has 3 fully saturated rings. The van der Waals surface area contributed by atoms with Crippen LogP contribution >= 0.6 is 0 Å². The maximum atomic E-state index is 11.2. The third-order valence-corrected chi connectivity index (χ3v) is 11.3. The second-order valence-electron chi connectivity index (χ2n) is 17.7. The fourth-order valence-electron chi connectivity index (χ4n) is 9.23. The van der Waals surface area contributed by atoms with Crippen molar-refractivity contribution in [2.24, 2.45) is 23.7 Å². The highest BCUT2D eigenvalue weighted by molar-refractivity contribution is 5.00. The number of hydrogen-bond acceptors (Lipinski definition) is 6. The average Bonchev–Trinajstić information content (AvgIpc) is 2.98. The minimum atomic E-state index is -0.281. The molecule has 0 aromatic carbocycles. The van der Waals surface area contributed by atoms with E-state index in [-0.39, 0.29) is 33.2 Å². The van der Waals surface area contributed by atoms with Gasteiger partial charge in [0.15, 0.2) is 0 Å². The number of rotatable bonds is 5. The highest BCUT2D eigenvalue weighted by Crippen LogP contribution is 2.50. The minimum absolute atomic E-state index is 0.208. The van der Waals surface area contributed by atoms with Gasteiger partial charge in [0.25, 0.3) is 0 Å². The molecule has 3 atom stereocenters. The zero-order chi connectivity index (χ0) is 29.8. The van der Waals surface area contributed by atoms with Crippen LogP contribution in [0.2, 0.25) is 0 Å². The third-order valence-electron chi connectivity index (χ3n) is 11.3. The van der Waals surface area contributed by atoms with Crippen molar-refractivity contribution in [3.05, 3.63) is 0 Å². The third kappa shape index (κ3) is 7.22. The summed E-state index contributed by atoms with van der Waals surface area (Å²) in [6, 6.07) is 0. The fourth-order valence-corrected chi connectivity index (χ4v) is 9.23. The monoisotopic (exact) mass is 552 g/mol. The van der Waals surface area contributed by atoms with Crippen LogP contribution in [0.5, 0.6) is 0 Å². The molecule has 0 aromatic rings. The predicted molar refractivity (Wildman–Crippen MR) is 160 cm³/mol.